The van der Waals surface area contributed by atoms with Gasteiger partial charge in [-0.2, -0.15) is 0 Å². The zero-order valence-electron chi connectivity index (χ0n) is 19.7. The molecule has 0 bridgehead atoms. The number of aryl methyl sites for hydroxylation is 1. The lowest BCUT2D eigenvalue weighted by Crippen LogP contribution is -2.49. The van der Waals surface area contributed by atoms with Crippen LogP contribution in [0.1, 0.15) is 50.7 Å². The van der Waals surface area contributed by atoms with Gasteiger partial charge >= 0.3 is 0 Å². The minimum Gasteiger partial charge on any atom is -0.497 e. The molecule has 6 nitrogen and oxygen atoms in total. The summed E-state index contributed by atoms with van der Waals surface area (Å²) in [6, 6.07) is 14.9. The van der Waals surface area contributed by atoms with E-state index in [1.54, 1.807) is 12.0 Å². The Morgan fingerprint density at radius 2 is 1.81 bits per heavy atom. The molecule has 0 heterocycles. The molecule has 0 spiro atoms. The number of ether oxygens (including phenoxy) is 2. The Hall–Kier alpha value is -3.02. The average molecular weight is 441 g/mol. The summed E-state index contributed by atoms with van der Waals surface area (Å²) in [5.41, 5.74) is 2.10. The lowest BCUT2D eigenvalue weighted by atomic mass is 10.1. The van der Waals surface area contributed by atoms with Crippen LogP contribution in [0.5, 0.6) is 11.5 Å². The first-order chi connectivity index (χ1) is 15.5. The fourth-order valence-corrected chi connectivity index (χ4v) is 3.44. The topological polar surface area (TPSA) is 67.9 Å². The lowest BCUT2D eigenvalue weighted by molar-refractivity contribution is -0.141. The predicted octanol–water partition coefficient (Wildman–Crippen LogP) is 4.50. The van der Waals surface area contributed by atoms with Gasteiger partial charge in [0, 0.05) is 19.5 Å². The van der Waals surface area contributed by atoms with Crippen LogP contribution >= 0.6 is 0 Å². The third kappa shape index (κ3) is 7.91. The van der Waals surface area contributed by atoms with E-state index >= 15 is 0 Å². The maximum atomic E-state index is 13.2. The number of hydrogen-bond donors (Lipinski definition) is 1. The highest BCUT2D eigenvalue weighted by molar-refractivity contribution is 5.87. The fraction of sp³-hybridized carbons (Fsp3) is 0.462. The van der Waals surface area contributed by atoms with Crippen molar-refractivity contribution >= 4 is 11.8 Å². The summed E-state index contributed by atoms with van der Waals surface area (Å²) < 4.78 is 11.1. The second kappa shape index (κ2) is 13.4. The molecule has 2 rings (SSSR count). The quantitative estimate of drug-likeness (QED) is 0.466. The summed E-state index contributed by atoms with van der Waals surface area (Å²) in [4.78, 5) is 27.7. The van der Waals surface area contributed by atoms with Crippen molar-refractivity contribution in [1.29, 1.82) is 0 Å². The van der Waals surface area contributed by atoms with Crippen LogP contribution in [0.25, 0.3) is 0 Å². The van der Waals surface area contributed by atoms with Gasteiger partial charge in [-0.3, -0.25) is 9.59 Å². The second-order valence-corrected chi connectivity index (χ2v) is 7.85. The van der Waals surface area contributed by atoms with Crippen LogP contribution in [0.4, 0.5) is 0 Å². The molecule has 1 N–H and O–H groups in total. The summed E-state index contributed by atoms with van der Waals surface area (Å²) in [6.45, 7) is 7.37. The molecule has 2 aromatic rings. The molecule has 0 aliphatic heterocycles. The Kier molecular flexibility index (Phi) is 10.6. The number of carbonyl (C=O) groups excluding carboxylic acids is 2. The van der Waals surface area contributed by atoms with Crippen LogP contribution in [-0.4, -0.2) is 43.0 Å². The number of rotatable bonds is 13. The molecule has 0 aromatic heterocycles. The molecule has 0 aliphatic carbocycles. The third-order valence-corrected chi connectivity index (χ3v) is 5.25. The van der Waals surface area contributed by atoms with Gasteiger partial charge in [-0.05, 0) is 56.0 Å². The number of carbonyl (C=O) groups is 2. The first kappa shape index (κ1) is 25.2. The summed E-state index contributed by atoms with van der Waals surface area (Å²) in [5.74, 6) is 1.35. The van der Waals surface area contributed by atoms with E-state index in [4.69, 9.17) is 9.47 Å². The second-order valence-electron chi connectivity index (χ2n) is 7.85. The zero-order valence-corrected chi connectivity index (χ0v) is 19.7. The number of nitrogens with zero attached hydrogens (tertiary/aromatic N) is 1. The van der Waals surface area contributed by atoms with Crippen molar-refractivity contribution in [2.24, 2.45) is 0 Å². The molecule has 0 saturated carbocycles. The normalized spacial score (nSPS) is 11.5. The van der Waals surface area contributed by atoms with Crippen LogP contribution in [0.15, 0.2) is 48.5 Å². The van der Waals surface area contributed by atoms with Crippen molar-refractivity contribution in [2.75, 3.05) is 20.3 Å². The maximum absolute atomic E-state index is 13.2. The molecule has 174 valence electrons. The fourth-order valence-electron chi connectivity index (χ4n) is 3.44. The number of methoxy groups -OCH3 is 1. The third-order valence-electron chi connectivity index (χ3n) is 5.25. The van der Waals surface area contributed by atoms with Crippen molar-refractivity contribution < 1.29 is 19.1 Å². The number of amides is 2. The van der Waals surface area contributed by atoms with Gasteiger partial charge in [-0.1, -0.05) is 43.7 Å². The van der Waals surface area contributed by atoms with E-state index in [1.165, 1.54) is 5.56 Å². The van der Waals surface area contributed by atoms with Gasteiger partial charge in [0.15, 0.2) is 0 Å². The van der Waals surface area contributed by atoms with E-state index < -0.39 is 6.04 Å². The monoisotopic (exact) mass is 440 g/mol. The SMILES string of the molecule is CCCNC(=O)C(CC)N(Cc1cccc(OC)c1)C(=O)CCCOc1ccc(C)cc1. The highest BCUT2D eigenvalue weighted by Gasteiger charge is 2.28. The molecule has 0 radical (unpaired) electrons. The minimum absolute atomic E-state index is 0.0566. The van der Waals surface area contributed by atoms with Crippen molar-refractivity contribution in [2.45, 2.75) is 59.0 Å². The molecule has 6 heteroatoms. The molecule has 0 aliphatic rings. The molecule has 32 heavy (non-hydrogen) atoms. The largest absolute Gasteiger partial charge is 0.497 e. The molecule has 2 aromatic carbocycles. The van der Waals surface area contributed by atoms with Gasteiger partial charge < -0.3 is 19.7 Å². The first-order valence-electron chi connectivity index (χ1n) is 11.4. The predicted molar refractivity (Wildman–Crippen MR) is 127 cm³/mol. The van der Waals surface area contributed by atoms with E-state index in [2.05, 4.69) is 5.32 Å². The van der Waals surface area contributed by atoms with E-state index in [1.807, 2.05) is 69.3 Å². The summed E-state index contributed by atoms with van der Waals surface area (Å²) in [6.07, 6.45) is 2.29. The molecular weight excluding hydrogens is 404 g/mol. The molecule has 1 unspecified atom stereocenters. The Morgan fingerprint density at radius 1 is 1.06 bits per heavy atom. The van der Waals surface area contributed by atoms with Crippen LogP contribution in [0, 0.1) is 6.92 Å². The number of hydrogen-bond acceptors (Lipinski definition) is 4. The number of benzene rings is 2. The van der Waals surface area contributed by atoms with E-state index in [-0.39, 0.29) is 11.8 Å². The standard InChI is InChI=1S/C26H36N2O4/c1-5-16-27-26(30)24(6-2)28(19-21-9-7-10-23(18-21)31-4)25(29)11-8-17-32-22-14-12-20(3)13-15-22/h7,9-10,12-15,18,24H,5-6,8,11,16-17,19H2,1-4H3,(H,27,30). The molecule has 0 fully saturated rings. The lowest BCUT2D eigenvalue weighted by Gasteiger charge is -2.31. The molecule has 0 saturated heterocycles. The van der Waals surface area contributed by atoms with Crippen molar-refractivity contribution in [3.8, 4) is 11.5 Å². The van der Waals surface area contributed by atoms with Crippen molar-refractivity contribution in [3.63, 3.8) is 0 Å². The Bertz CT molecular complexity index is 851. The summed E-state index contributed by atoms with van der Waals surface area (Å²) in [7, 11) is 1.61. The van der Waals surface area contributed by atoms with Crippen LogP contribution in [-0.2, 0) is 16.1 Å². The van der Waals surface area contributed by atoms with Crippen LogP contribution in [0.2, 0.25) is 0 Å². The first-order valence-corrected chi connectivity index (χ1v) is 11.4. The van der Waals surface area contributed by atoms with E-state index in [0.29, 0.717) is 39.0 Å². The smallest absolute Gasteiger partial charge is 0.242 e. The van der Waals surface area contributed by atoms with Gasteiger partial charge in [0.25, 0.3) is 0 Å². The molecular formula is C26H36N2O4. The van der Waals surface area contributed by atoms with Crippen molar-refractivity contribution in [1.82, 2.24) is 10.2 Å². The van der Waals surface area contributed by atoms with Crippen LogP contribution in [0.3, 0.4) is 0 Å². The van der Waals surface area contributed by atoms with Gasteiger partial charge in [0.2, 0.25) is 11.8 Å². The van der Waals surface area contributed by atoms with E-state index in [9.17, 15) is 9.59 Å². The summed E-state index contributed by atoms with van der Waals surface area (Å²) >= 11 is 0. The Labute approximate surface area is 191 Å². The average Bonchev–Trinajstić information content (AvgIpc) is 2.81. The van der Waals surface area contributed by atoms with E-state index in [0.717, 1.165) is 23.5 Å². The molecule has 2 amide bonds. The Morgan fingerprint density at radius 3 is 2.47 bits per heavy atom. The Balaban J connectivity index is 2.06. The van der Waals surface area contributed by atoms with Crippen molar-refractivity contribution in [3.05, 3.63) is 59.7 Å². The van der Waals surface area contributed by atoms with Gasteiger partial charge in [0.1, 0.15) is 17.5 Å². The maximum Gasteiger partial charge on any atom is 0.242 e. The highest BCUT2D eigenvalue weighted by Crippen LogP contribution is 2.19. The summed E-state index contributed by atoms with van der Waals surface area (Å²) in [5, 5.41) is 2.94. The molecule has 1 atom stereocenters. The highest BCUT2D eigenvalue weighted by atomic mass is 16.5. The van der Waals surface area contributed by atoms with Gasteiger partial charge in [-0.25, -0.2) is 0 Å². The van der Waals surface area contributed by atoms with Gasteiger partial charge in [0.05, 0.1) is 13.7 Å². The van der Waals surface area contributed by atoms with Crippen LogP contribution < -0.4 is 14.8 Å². The number of nitrogens with one attached hydrogen (secondary N) is 1. The zero-order chi connectivity index (χ0) is 23.3. The van der Waals surface area contributed by atoms with Gasteiger partial charge in [-0.15, -0.1) is 0 Å². The minimum atomic E-state index is -0.515.